The average Bonchev–Trinajstić information content (AvgIpc) is 2.51. The van der Waals surface area contributed by atoms with Crippen LogP contribution >= 0.6 is 11.6 Å². The first kappa shape index (κ1) is 20.0. The third-order valence-corrected chi connectivity index (χ3v) is 2.55. The van der Waals surface area contributed by atoms with Gasteiger partial charge in [-0.3, -0.25) is 0 Å². The number of hydrogen-bond acceptors (Lipinski definition) is 6. The number of aliphatic carboxylic acids is 1. The summed E-state index contributed by atoms with van der Waals surface area (Å²) in [6, 6.07) is 2.97. The van der Waals surface area contributed by atoms with Crippen LogP contribution in [0.3, 0.4) is 0 Å². The van der Waals surface area contributed by atoms with Crippen molar-refractivity contribution in [3.8, 4) is 0 Å². The van der Waals surface area contributed by atoms with Gasteiger partial charge in [-0.05, 0) is 18.2 Å². The van der Waals surface area contributed by atoms with Gasteiger partial charge < -0.3 is 21.7 Å². The summed E-state index contributed by atoms with van der Waals surface area (Å²) in [7, 11) is 0. The quantitative estimate of drug-likeness (QED) is 0.301. The molecule has 134 valence electrons. The average molecular weight is 377 g/mol. The van der Waals surface area contributed by atoms with Gasteiger partial charge in [0.2, 0.25) is 0 Å². The van der Waals surface area contributed by atoms with Crippen molar-refractivity contribution in [3.05, 3.63) is 40.5 Å². The lowest BCUT2D eigenvalue weighted by molar-refractivity contribution is -0.129. The Bertz CT molecular complexity index is 746. The molecule has 0 aromatic carbocycles. The molecule has 1 heterocycles. The molecule has 13 heteroatoms. The molecule has 4 N–H and O–H groups in total. The van der Waals surface area contributed by atoms with Crippen LogP contribution in [-0.4, -0.2) is 40.3 Å². The van der Waals surface area contributed by atoms with Crippen LogP contribution in [0.15, 0.2) is 45.4 Å². The van der Waals surface area contributed by atoms with Crippen LogP contribution < -0.4 is 11.2 Å². The van der Waals surface area contributed by atoms with E-state index in [-0.39, 0.29) is 16.5 Å². The summed E-state index contributed by atoms with van der Waals surface area (Å²) >= 11 is 5.80. The molecule has 0 saturated heterocycles. The highest BCUT2D eigenvalue weighted by molar-refractivity contribution is 6.41. The third kappa shape index (κ3) is 6.95. The number of pyridine rings is 1. The maximum atomic E-state index is 12.0. The fourth-order valence-corrected chi connectivity index (χ4v) is 1.36. The van der Waals surface area contributed by atoms with Crippen molar-refractivity contribution in [2.45, 2.75) is 6.18 Å². The maximum absolute atomic E-state index is 12.0. The maximum Gasteiger partial charge on any atom is 0.409 e. The van der Waals surface area contributed by atoms with Gasteiger partial charge in [-0.2, -0.15) is 23.5 Å². The van der Waals surface area contributed by atoms with Gasteiger partial charge in [0.25, 0.3) is 0 Å². The zero-order chi connectivity index (χ0) is 19.0. The molecule has 0 saturated carbocycles. The van der Waals surface area contributed by atoms with E-state index in [1.807, 2.05) is 0 Å². The number of carboxylic acid groups (broad SMARTS) is 1. The van der Waals surface area contributed by atoms with Crippen molar-refractivity contribution in [1.82, 2.24) is 10.4 Å². The van der Waals surface area contributed by atoms with Crippen molar-refractivity contribution in [3.63, 3.8) is 0 Å². The first-order valence-corrected chi connectivity index (χ1v) is 6.63. The second kappa shape index (κ2) is 8.73. The monoisotopic (exact) mass is 376 g/mol. The summed E-state index contributed by atoms with van der Waals surface area (Å²) in [6.07, 6.45) is -2.73. The standard InChI is InChI=1S/C12H10ClF3N7O2/c13-7-2-1-3-19-9(7)21-8(10(24)25)4-6(17)5-20-23-22-11(18)12(14,15)16/h1-4H,5H2,(H4-,17,18,19,20,21,22,24,25)/q-1. The Balaban J connectivity index is 2.81. The molecule has 0 aliphatic heterocycles. The molecule has 0 spiro atoms. The van der Waals surface area contributed by atoms with Crippen molar-refractivity contribution in [2.24, 2.45) is 21.1 Å². The third-order valence-electron chi connectivity index (χ3n) is 2.26. The second-order valence-electron chi connectivity index (χ2n) is 4.19. The summed E-state index contributed by atoms with van der Waals surface area (Å²) < 4.78 is 35.9. The molecule has 9 nitrogen and oxygen atoms in total. The van der Waals surface area contributed by atoms with E-state index in [2.05, 4.69) is 20.3 Å². The largest absolute Gasteiger partial charge is 0.477 e. The SMILES string of the molecule is [N-]=C(NN=NC/C(N)=C/C(=N/c1ncccc1Cl)C(=O)O)C(F)(F)F. The molecular formula is C12H10ClF3N7O2-. The van der Waals surface area contributed by atoms with Gasteiger partial charge in [-0.15, -0.1) is 0 Å². The lowest BCUT2D eigenvalue weighted by atomic mass is 10.3. The Morgan fingerprint density at radius 1 is 1.52 bits per heavy atom. The van der Waals surface area contributed by atoms with Crippen molar-refractivity contribution in [2.75, 3.05) is 6.54 Å². The van der Waals surface area contributed by atoms with Gasteiger partial charge in [-0.1, -0.05) is 11.6 Å². The van der Waals surface area contributed by atoms with Crippen LogP contribution in [0.25, 0.3) is 5.41 Å². The number of hydrogen-bond donors (Lipinski definition) is 3. The predicted molar refractivity (Wildman–Crippen MR) is 83.5 cm³/mol. The molecule has 0 bridgehead atoms. The van der Waals surface area contributed by atoms with Gasteiger partial charge in [-0.25, -0.2) is 14.8 Å². The summed E-state index contributed by atoms with van der Waals surface area (Å²) in [6.45, 7) is -0.458. The first-order valence-electron chi connectivity index (χ1n) is 6.25. The second-order valence-corrected chi connectivity index (χ2v) is 4.60. The van der Waals surface area contributed by atoms with Crippen LogP contribution in [0.2, 0.25) is 5.02 Å². The fourth-order valence-electron chi connectivity index (χ4n) is 1.20. The smallest absolute Gasteiger partial charge is 0.409 e. The molecule has 1 aromatic rings. The van der Waals surface area contributed by atoms with E-state index >= 15 is 0 Å². The summed E-state index contributed by atoms with van der Waals surface area (Å²) in [5.74, 6) is -3.56. The van der Waals surface area contributed by atoms with Gasteiger partial charge >= 0.3 is 12.1 Å². The Hall–Kier alpha value is -3.02. The number of halogens is 4. The normalized spacial score (nSPS) is 13.1. The van der Waals surface area contributed by atoms with Crippen LogP contribution in [0.5, 0.6) is 0 Å². The van der Waals surface area contributed by atoms with Gasteiger partial charge in [0, 0.05) is 17.7 Å². The number of alkyl halides is 3. The molecule has 0 radical (unpaired) electrons. The number of nitrogens with one attached hydrogen (secondary N) is 1. The molecule has 0 aliphatic rings. The molecular weight excluding hydrogens is 367 g/mol. The van der Waals surface area contributed by atoms with Gasteiger partial charge in [0.15, 0.2) is 11.5 Å². The zero-order valence-corrected chi connectivity index (χ0v) is 13.0. The molecule has 0 fully saturated rings. The topological polar surface area (TPSA) is 148 Å². The van der Waals surface area contributed by atoms with Crippen LogP contribution in [-0.2, 0) is 4.79 Å². The fraction of sp³-hybridized carbons (Fsp3) is 0.167. The first-order chi connectivity index (χ1) is 11.6. The van der Waals surface area contributed by atoms with E-state index in [0.29, 0.717) is 0 Å². The highest BCUT2D eigenvalue weighted by Gasteiger charge is 2.27. The van der Waals surface area contributed by atoms with Gasteiger partial charge in [0.1, 0.15) is 0 Å². The predicted octanol–water partition coefficient (Wildman–Crippen LogP) is 2.22. The van der Waals surface area contributed by atoms with E-state index < -0.39 is 30.2 Å². The van der Waals surface area contributed by atoms with Crippen LogP contribution in [0, 0.1) is 0 Å². The van der Waals surface area contributed by atoms with E-state index in [1.54, 1.807) is 0 Å². The molecule has 0 amide bonds. The summed E-state index contributed by atoms with van der Waals surface area (Å²) in [4.78, 5) is 18.7. The Labute approximate surface area is 143 Å². The minimum absolute atomic E-state index is 0.0568. The lowest BCUT2D eigenvalue weighted by Crippen LogP contribution is -2.32. The minimum atomic E-state index is -4.99. The van der Waals surface area contributed by atoms with Crippen LogP contribution in [0.4, 0.5) is 19.0 Å². The minimum Gasteiger partial charge on any atom is -0.477 e. The molecule has 25 heavy (non-hydrogen) atoms. The number of rotatable bonds is 6. The van der Waals surface area contributed by atoms with Crippen molar-refractivity contribution in [1.29, 1.82) is 0 Å². The van der Waals surface area contributed by atoms with Crippen LogP contribution in [0.1, 0.15) is 0 Å². The van der Waals surface area contributed by atoms with E-state index in [0.717, 1.165) is 6.08 Å². The molecule has 1 rings (SSSR count). The number of nitrogens with zero attached hydrogens (tertiary/aromatic N) is 5. The molecule has 0 atom stereocenters. The van der Waals surface area contributed by atoms with E-state index in [9.17, 15) is 18.0 Å². The molecule has 1 aromatic heterocycles. The van der Waals surface area contributed by atoms with Crippen molar-refractivity contribution < 1.29 is 23.1 Å². The number of carboxylic acids is 1. The number of aromatic nitrogens is 1. The summed E-state index contributed by atoms with van der Waals surface area (Å²) in [5, 5.41) is 23.8. The lowest BCUT2D eigenvalue weighted by Gasteiger charge is -2.13. The molecule has 0 aliphatic carbocycles. The Morgan fingerprint density at radius 2 is 2.20 bits per heavy atom. The highest BCUT2D eigenvalue weighted by atomic mass is 35.5. The number of nitrogens with two attached hydrogens (primary N) is 1. The summed E-state index contributed by atoms with van der Waals surface area (Å²) in [5.41, 5.74) is 6.05. The number of aliphatic imine (C=N–C) groups is 1. The van der Waals surface area contributed by atoms with Crippen molar-refractivity contribution >= 4 is 34.9 Å². The van der Waals surface area contributed by atoms with Gasteiger partial charge in [0.05, 0.1) is 11.6 Å². The zero-order valence-electron chi connectivity index (χ0n) is 12.2. The number of carbonyl (C=O) groups is 1. The highest BCUT2D eigenvalue weighted by Crippen LogP contribution is 2.21. The van der Waals surface area contributed by atoms with E-state index in [1.165, 1.54) is 23.8 Å². The Kier molecular flexibility index (Phi) is 6.99. The molecule has 0 unspecified atom stereocenters. The Morgan fingerprint density at radius 3 is 2.76 bits per heavy atom. The number of amidine groups is 1. The van der Waals surface area contributed by atoms with E-state index in [4.69, 9.17) is 27.9 Å².